The SMILES string of the molecule is CO[PH](=O)C(C#CC(C)C)(C(=O)O)C(O)(Cc1ccc(F)cc1)c1cccc(-c2ccccc2)n1. The molecule has 3 unspecified atom stereocenters. The summed E-state index contributed by atoms with van der Waals surface area (Å²) in [4.78, 5) is 17.4. The third-order valence-corrected chi connectivity index (χ3v) is 7.33. The molecule has 0 radical (unpaired) electrons. The molecule has 0 bridgehead atoms. The molecule has 0 saturated carbocycles. The fourth-order valence-electron chi connectivity index (χ4n) is 3.79. The lowest BCUT2D eigenvalue weighted by atomic mass is 9.78. The van der Waals surface area contributed by atoms with Crippen molar-refractivity contribution in [2.45, 2.75) is 31.0 Å². The number of nitrogens with zero attached hydrogens (tertiary/aromatic N) is 1. The van der Waals surface area contributed by atoms with Crippen molar-refractivity contribution in [3.63, 3.8) is 0 Å². The summed E-state index contributed by atoms with van der Waals surface area (Å²) in [5.74, 6) is 3.00. The maximum atomic E-state index is 13.6. The quantitative estimate of drug-likeness (QED) is 0.340. The molecule has 3 rings (SSSR count). The summed E-state index contributed by atoms with van der Waals surface area (Å²) < 4.78 is 32.0. The Labute approximate surface area is 204 Å². The first-order chi connectivity index (χ1) is 16.6. The van der Waals surface area contributed by atoms with Crippen molar-refractivity contribution >= 4 is 14.0 Å². The number of halogens is 1. The second-order valence-corrected chi connectivity index (χ2v) is 10.1. The average Bonchev–Trinajstić information content (AvgIpc) is 2.85. The number of aliphatic hydroxyl groups is 1. The highest BCUT2D eigenvalue weighted by Gasteiger charge is 2.62. The fraction of sp³-hybridized carbons (Fsp3) is 0.259. The van der Waals surface area contributed by atoms with Gasteiger partial charge in [-0.2, -0.15) is 0 Å². The zero-order chi connectivity index (χ0) is 25.6. The van der Waals surface area contributed by atoms with Gasteiger partial charge in [-0.25, -0.2) is 14.2 Å². The van der Waals surface area contributed by atoms with Crippen molar-refractivity contribution in [2.75, 3.05) is 7.11 Å². The van der Waals surface area contributed by atoms with Gasteiger partial charge < -0.3 is 14.7 Å². The van der Waals surface area contributed by atoms with Crippen LogP contribution >= 0.6 is 8.03 Å². The molecule has 0 amide bonds. The van der Waals surface area contributed by atoms with Gasteiger partial charge in [0, 0.05) is 25.0 Å². The molecule has 0 spiro atoms. The first kappa shape index (κ1) is 26.3. The molecule has 3 aromatic rings. The zero-order valence-electron chi connectivity index (χ0n) is 19.7. The Balaban J connectivity index is 2.35. The Morgan fingerprint density at radius 3 is 2.31 bits per heavy atom. The third kappa shape index (κ3) is 5.36. The molecule has 0 fully saturated rings. The zero-order valence-corrected chi connectivity index (χ0v) is 20.7. The largest absolute Gasteiger partial charge is 0.480 e. The van der Waals surface area contributed by atoms with Crippen LogP contribution in [0.1, 0.15) is 25.1 Å². The van der Waals surface area contributed by atoms with Crippen molar-refractivity contribution in [2.24, 2.45) is 5.92 Å². The highest BCUT2D eigenvalue weighted by atomic mass is 31.1. The summed E-state index contributed by atoms with van der Waals surface area (Å²) in [5, 5.41) is 20.2. The van der Waals surface area contributed by atoms with Gasteiger partial charge in [-0.1, -0.05) is 74.2 Å². The van der Waals surface area contributed by atoms with E-state index in [9.17, 15) is 24.0 Å². The molecule has 1 aromatic heterocycles. The number of benzene rings is 2. The van der Waals surface area contributed by atoms with Crippen LogP contribution in [-0.4, -0.2) is 33.4 Å². The normalized spacial score (nSPS) is 15.4. The van der Waals surface area contributed by atoms with Crippen LogP contribution in [0.3, 0.4) is 0 Å². The number of carbonyl (C=O) groups is 1. The standard InChI is InChI=1S/C27H27FNO5P/c1-19(2)16-17-27(25(30)31,35(33)34-3)26(32,18-20-12-14-22(28)15-13-20)24-11-7-10-23(29-24)21-8-5-4-6-9-21/h4-15,19,32,35H,18H2,1-3H3,(H,30,31). The van der Waals surface area contributed by atoms with Crippen LogP contribution in [0, 0.1) is 23.6 Å². The average molecular weight is 495 g/mol. The maximum Gasteiger partial charge on any atom is 0.335 e. The summed E-state index contributed by atoms with van der Waals surface area (Å²) in [6, 6.07) is 19.2. The Bertz CT molecular complexity index is 1270. The van der Waals surface area contributed by atoms with E-state index >= 15 is 0 Å². The minimum atomic E-state index is -3.52. The van der Waals surface area contributed by atoms with Crippen LogP contribution in [0.25, 0.3) is 11.3 Å². The van der Waals surface area contributed by atoms with Gasteiger partial charge in [0.1, 0.15) is 11.4 Å². The predicted octanol–water partition coefficient (Wildman–Crippen LogP) is 4.92. The van der Waals surface area contributed by atoms with Crippen molar-refractivity contribution in [1.29, 1.82) is 0 Å². The molecule has 2 aromatic carbocycles. The van der Waals surface area contributed by atoms with E-state index in [1.165, 1.54) is 30.3 Å². The third-order valence-electron chi connectivity index (χ3n) is 5.60. The highest BCUT2D eigenvalue weighted by molar-refractivity contribution is 7.43. The number of aromatic nitrogens is 1. The lowest BCUT2D eigenvalue weighted by Crippen LogP contribution is -2.56. The molecule has 0 aliphatic rings. The van der Waals surface area contributed by atoms with Crippen LogP contribution < -0.4 is 0 Å². The number of hydrogen-bond donors (Lipinski definition) is 2. The Kier molecular flexibility index (Phi) is 8.24. The smallest absolute Gasteiger partial charge is 0.335 e. The number of aliphatic carboxylic acids is 1. The van der Waals surface area contributed by atoms with Crippen molar-refractivity contribution in [3.8, 4) is 23.1 Å². The lowest BCUT2D eigenvalue weighted by molar-refractivity contribution is -0.146. The summed E-state index contributed by atoms with van der Waals surface area (Å²) in [5.41, 5.74) is -0.807. The minimum absolute atomic E-state index is 0.0426. The van der Waals surface area contributed by atoms with Crippen LogP contribution in [0.4, 0.5) is 4.39 Å². The highest BCUT2D eigenvalue weighted by Crippen LogP contribution is 2.52. The molecular formula is C27H27FNO5P. The molecule has 3 atom stereocenters. The Morgan fingerprint density at radius 1 is 1.09 bits per heavy atom. The van der Waals surface area contributed by atoms with E-state index in [-0.39, 0.29) is 18.0 Å². The van der Waals surface area contributed by atoms with Crippen molar-refractivity contribution in [3.05, 3.63) is 89.9 Å². The van der Waals surface area contributed by atoms with E-state index in [0.29, 0.717) is 11.3 Å². The van der Waals surface area contributed by atoms with Gasteiger partial charge in [-0.3, -0.25) is 4.57 Å². The van der Waals surface area contributed by atoms with E-state index in [2.05, 4.69) is 16.8 Å². The molecule has 0 aliphatic carbocycles. The number of pyridine rings is 1. The lowest BCUT2D eigenvalue weighted by Gasteiger charge is -2.39. The summed E-state index contributed by atoms with van der Waals surface area (Å²) in [6.45, 7) is 3.49. The van der Waals surface area contributed by atoms with Gasteiger partial charge >= 0.3 is 5.97 Å². The number of carboxylic acid groups (broad SMARTS) is 1. The molecule has 35 heavy (non-hydrogen) atoms. The molecule has 1 heterocycles. The van der Waals surface area contributed by atoms with Crippen LogP contribution in [0.5, 0.6) is 0 Å². The van der Waals surface area contributed by atoms with Crippen LogP contribution in [0.15, 0.2) is 72.8 Å². The van der Waals surface area contributed by atoms with Gasteiger partial charge in [0.05, 0.1) is 11.4 Å². The summed E-state index contributed by atoms with van der Waals surface area (Å²) in [6.07, 6.45) is -0.350. The molecular weight excluding hydrogens is 468 g/mol. The van der Waals surface area contributed by atoms with Gasteiger partial charge in [0.15, 0.2) is 0 Å². The van der Waals surface area contributed by atoms with Crippen molar-refractivity contribution < 1.29 is 28.5 Å². The van der Waals surface area contributed by atoms with E-state index in [0.717, 1.165) is 12.7 Å². The first-order valence-electron chi connectivity index (χ1n) is 11.0. The fourth-order valence-corrected chi connectivity index (χ4v) is 5.00. The number of rotatable bonds is 8. The van der Waals surface area contributed by atoms with Crippen LogP contribution in [0.2, 0.25) is 0 Å². The Morgan fingerprint density at radius 2 is 1.74 bits per heavy atom. The number of hydrogen-bond acceptors (Lipinski definition) is 5. The predicted molar refractivity (Wildman–Crippen MR) is 133 cm³/mol. The van der Waals surface area contributed by atoms with Gasteiger partial charge in [-0.15, -0.1) is 0 Å². The van der Waals surface area contributed by atoms with Gasteiger partial charge in [0.2, 0.25) is 13.2 Å². The van der Waals surface area contributed by atoms with Crippen LogP contribution in [-0.2, 0) is 25.9 Å². The summed E-state index contributed by atoms with van der Waals surface area (Å²) >= 11 is 0. The maximum absolute atomic E-state index is 13.6. The summed E-state index contributed by atoms with van der Waals surface area (Å²) in [7, 11) is -2.40. The second kappa shape index (κ2) is 11.0. The van der Waals surface area contributed by atoms with Gasteiger partial charge in [0.25, 0.3) is 0 Å². The minimum Gasteiger partial charge on any atom is -0.480 e. The molecule has 182 valence electrons. The Hall–Kier alpha value is -3.30. The van der Waals surface area contributed by atoms with E-state index in [1.807, 2.05) is 30.3 Å². The molecule has 2 N–H and O–H groups in total. The van der Waals surface area contributed by atoms with Gasteiger partial charge in [-0.05, 0) is 29.8 Å². The van der Waals surface area contributed by atoms with Crippen molar-refractivity contribution in [1.82, 2.24) is 4.98 Å². The first-order valence-corrected chi connectivity index (χ1v) is 12.3. The molecule has 0 aliphatic heterocycles. The van der Waals surface area contributed by atoms with E-state index in [4.69, 9.17) is 4.52 Å². The monoisotopic (exact) mass is 495 g/mol. The molecule has 6 nitrogen and oxygen atoms in total. The molecule has 8 heteroatoms. The molecule has 0 saturated heterocycles. The topological polar surface area (TPSA) is 96.7 Å². The van der Waals surface area contributed by atoms with E-state index in [1.54, 1.807) is 26.0 Å². The van der Waals surface area contributed by atoms with E-state index < -0.39 is 30.6 Å². The number of carboxylic acids is 1. The second-order valence-electron chi connectivity index (χ2n) is 8.41.